The number of likely N-dealkylation sites (tertiary alicyclic amines) is 1. The van der Waals surface area contributed by atoms with Gasteiger partial charge in [0.1, 0.15) is 24.2 Å². The van der Waals surface area contributed by atoms with E-state index in [4.69, 9.17) is 9.47 Å². The van der Waals surface area contributed by atoms with E-state index in [1.54, 1.807) is 7.11 Å². The van der Waals surface area contributed by atoms with Crippen LogP contribution in [0.2, 0.25) is 0 Å². The third kappa shape index (κ3) is 8.88. The van der Waals surface area contributed by atoms with E-state index in [0.717, 1.165) is 18.7 Å². The van der Waals surface area contributed by atoms with Crippen LogP contribution in [0.15, 0.2) is 18.2 Å². The highest BCUT2D eigenvalue weighted by Gasteiger charge is 2.16. The molecule has 7 heteroatoms. The second-order valence-electron chi connectivity index (χ2n) is 7.73. The Bertz CT molecular complexity index is 558. The van der Waals surface area contributed by atoms with Crippen molar-refractivity contribution in [2.24, 2.45) is 0 Å². The van der Waals surface area contributed by atoms with E-state index in [9.17, 15) is 15.3 Å². The van der Waals surface area contributed by atoms with Gasteiger partial charge in [0, 0.05) is 37.8 Å². The Morgan fingerprint density at radius 1 is 1.03 bits per heavy atom. The predicted octanol–water partition coefficient (Wildman–Crippen LogP) is 1.49. The molecule has 0 amide bonds. The summed E-state index contributed by atoms with van der Waals surface area (Å²) < 4.78 is 11.3. The third-order valence-corrected chi connectivity index (χ3v) is 5.35. The maximum Gasteiger partial charge on any atom is 0.127 e. The molecule has 0 radical (unpaired) electrons. The molecule has 0 aliphatic carbocycles. The number of nitrogens with zero attached hydrogens (tertiary/aromatic N) is 2. The molecule has 7 nitrogen and oxygen atoms in total. The summed E-state index contributed by atoms with van der Waals surface area (Å²) in [6, 6.07) is 5.63. The van der Waals surface area contributed by atoms with E-state index in [-0.39, 0.29) is 19.8 Å². The quantitative estimate of drug-likeness (QED) is 0.481. The first-order valence-corrected chi connectivity index (χ1v) is 10.8. The van der Waals surface area contributed by atoms with Gasteiger partial charge in [-0.15, -0.1) is 0 Å². The first-order valence-electron chi connectivity index (χ1n) is 10.8. The number of hydrogen-bond acceptors (Lipinski definition) is 7. The van der Waals surface area contributed by atoms with Crippen LogP contribution in [0.5, 0.6) is 11.5 Å². The second kappa shape index (κ2) is 13.8. The molecular formula is C22H38N2O5. The van der Waals surface area contributed by atoms with Gasteiger partial charge in [0.15, 0.2) is 0 Å². The highest BCUT2D eigenvalue weighted by atomic mass is 16.5. The lowest BCUT2D eigenvalue weighted by molar-refractivity contribution is 0.0645. The van der Waals surface area contributed by atoms with Crippen LogP contribution < -0.4 is 9.47 Å². The van der Waals surface area contributed by atoms with Crippen molar-refractivity contribution < 1.29 is 24.8 Å². The van der Waals surface area contributed by atoms with Crippen LogP contribution in [0, 0.1) is 0 Å². The van der Waals surface area contributed by atoms with Crippen molar-refractivity contribution in [1.29, 1.82) is 0 Å². The molecule has 1 aromatic carbocycles. The molecule has 1 aromatic rings. The fraction of sp³-hybridized carbons (Fsp3) is 0.727. The molecule has 1 saturated heterocycles. The van der Waals surface area contributed by atoms with Crippen molar-refractivity contribution in [1.82, 2.24) is 9.80 Å². The van der Waals surface area contributed by atoms with E-state index in [2.05, 4.69) is 4.90 Å². The topological polar surface area (TPSA) is 85.6 Å². The molecular weight excluding hydrogens is 372 g/mol. The lowest BCUT2D eigenvalue weighted by atomic mass is 10.1. The molecule has 1 fully saturated rings. The average molecular weight is 411 g/mol. The number of methoxy groups -OCH3 is 1. The molecule has 166 valence electrons. The molecule has 2 rings (SSSR count). The maximum absolute atomic E-state index is 10.5. The van der Waals surface area contributed by atoms with Crippen molar-refractivity contribution in [2.75, 3.05) is 59.7 Å². The molecule has 29 heavy (non-hydrogen) atoms. The van der Waals surface area contributed by atoms with E-state index in [0.29, 0.717) is 37.7 Å². The zero-order chi connectivity index (χ0) is 20.9. The number of aliphatic hydroxyl groups is 3. The van der Waals surface area contributed by atoms with Crippen molar-refractivity contribution in [2.45, 2.75) is 44.8 Å². The van der Waals surface area contributed by atoms with Crippen LogP contribution >= 0.6 is 0 Å². The lowest BCUT2D eigenvalue weighted by Gasteiger charge is -2.27. The molecule has 3 N–H and O–H groups in total. The molecule has 0 spiro atoms. The Hall–Kier alpha value is -1.38. The number of aliphatic hydroxyl groups excluding tert-OH is 3. The van der Waals surface area contributed by atoms with Crippen LogP contribution in [-0.2, 0) is 6.54 Å². The molecule has 1 aliphatic heterocycles. The number of ether oxygens (including phenoxy) is 2. The standard InChI is InChI=1S/C22H38N2O5/c1-28-21-8-7-19(16-24(11-13-25)12-14-26)22(15-21)29-18-20(27)17-23-9-5-3-2-4-6-10-23/h7-8,15,20,25-27H,2-6,9-14,16-18H2,1H3. The summed E-state index contributed by atoms with van der Waals surface area (Å²) in [5.41, 5.74) is 0.936. The van der Waals surface area contributed by atoms with Gasteiger partial charge in [-0.1, -0.05) is 25.3 Å². The molecule has 1 unspecified atom stereocenters. The largest absolute Gasteiger partial charge is 0.497 e. The van der Waals surface area contributed by atoms with Crippen LogP contribution in [0.1, 0.15) is 37.7 Å². The molecule has 0 saturated carbocycles. The zero-order valence-corrected chi connectivity index (χ0v) is 17.8. The minimum absolute atomic E-state index is 0.0287. The number of rotatable bonds is 12. The smallest absolute Gasteiger partial charge is 0.127 e. The molecule has 1 heterocycles. The monoisotopic (exact) mass is 410 g/mol. The zero-order valence-electron chi connectivity index (χ0n) is 17.8. The average Bonchev–Trinajstić information content (AvgIpc) is 2.69. The second-order valence-corrected chi connectivity index (χ2v) is 7.73. The summed E-state index contributed by atoms with van der Waals surface area (Å²) in [5.74, 6) is 1.36. The highest BCUT2D eigenvalue weighted by Crippen LogP contribution is 2.26. The van der Waals surface area contributed by atoms with Gasteiger partial charge in [-0.3, -0.25) is 4.90 Å². The Morgan fingerprint density at radius 3 is 2.31 bits per heavy atom. The first kappa shape index (κ1) is 23.9. The summed E-state index contributed by atoms with van der Waals surface area (Å²) in [5, 5.41) is 29.0. The van der Waals surface area contributed by atoms with Crippen molar-refractivity contribution >= 4 is 0 Å². The Kier molecular flexibility index (Phi) is 11.3. The fourth-order valence-corrected chi connectivity index (χ4v) is 3.75. The van der Waals surface area contributed by atoms with Crippen LogP contribution in [0.4, 0.5) is 0 Å². The van der Waals surface area contributed by atoms with Gasteiger partial charge in [-0.2, -0.15) is 0 Å². The molecule has 1 atom stereocenters. The maximum atomic E-state index is 10.5. The number of hydrogen-bond donors (Lipinski definition) is 3. The molecule has 0 bridgehead atoms. The Labute approximate surface area is 174 Å². The Balaban J connectivity index is 1.96. The summed E-state index contributed by atoms with van der Waals surface area (Å²) >= 11 is 0. The van der Waals surface area contributed by atoms with Gasteiger partial charge in [0.05, 0.1) is 20.3 Å². The number of benzene rings is 1. The highest BCUT2D eigenvalue weighted by molar-refractivity contribution is 5.40. The normalized spacial score (nSPS) is 17.0. The van der Waals surface area contributed by atoms with Gasteiger partial charge in [-0.25, -0.2) is 0 Å². The molecule has 0 aromatic heterocycles. The predicted molar refractivity (Wildman–Crippen MR) is 113 cm³/mol. The SMILES string of the molecule is COc1ccc(CN(CCO)CCO)c(OCC(O)CN2CCCCCCC2)c1. The van der Waals surface area contributed by atoms with Gasteiger partial charge < -0.3 is 29.7 Å². The van der Waals surface area contributed by atoms with Gasteiger partial charge in [0.2, 0.25) is 0 Å². The van der Waals surface area contributed by atoms with E-state index >= 15 is 0 Å². The van der Waals surface area contributed by atoms with Crippen molar-refractivity contribution in [3.05, 3.63) is 23.8 Å². The first-order chi connectivity index (χ1) is 14.2. The van der Waals surface area contributed by atoms with Crippen LogP contribution in [0.25, 0.3) is 0 Å². The van der Waals surface area contributed by atoms with E-state index < -0.39 is 6.10 Å². The van der Waals surface area contributed by atoms with Crippen LogP contribution in [0.3, 0.4) is 0 Å². The molecule has 1 aliphatic rings. The summed E-state index contributed by atoms with van der Waals surface area (Å²) in [4.78, 5) is 4.30. The fourth-order valence-electron chi connectivity index (χ4n) is 3.75. The van der Waals surface area contributed by atoms with Crippen LogP contribution in [-0.4, -0.2) is 90.9 Å². The van der Waals surface area contributed by atoms with Gasteiger partial charge >= 0.3 is 0 Å². The number of β-amino-alcohol motifs (C(OH)–C–C–N with tert-alkyl or cyclic N) is 1. The van der Waals surface area contributed by atoms with Gasteiger partial charge in [-0.05, 0) is 32.0 Å². The minimum atomic E-state index is -0.556. The third-order valence-electron chi connectivity index (χ3n) is 5.35. The van der Waals surface area contributed by atoms with Crippen molar-refractivity contribution in [3.8, 4) is 11.5 Å². The summed E-state index contributed by atoms with van der Waals surface area (Å²) in [6.07, 6.45) is 5.70. The summed E-state index contributed by atoms with van der Waals surface area (Å²) in [6.45, 7) is 4.48. The van der Waals surface area contributed by atoms with E-state index in [1.807, 2.05) is 23.1 Å². The summed E-state index contributed by atoms with van der Waals surface area (Å²) in [7, 11) is 1.61. The minimum Gasteiger partial charge on any atom is -0.497 e. The van der Waals surface area contributed by atoms with Crippen molar-refractivity contribution in [3.63, 3.8) is 0 Å². The van der Waals surface area contributed by atoms with E-state index in [1.165, 1.54) is 32.1 Å². The van der Waals surface area contributed by atoms with Gasteiger partial charge in [0.25, 0.3) is 0 Å². The Morgan fingerprint density at radius 2 is 1.69 bits per heavy atom. The lowest BCUT2D eigenvalue weighted by Crippen LogP contribution is -2.37.